The summed E-state index contributed by atoms with van der Waals surface area (Å²) >= 11 is 5.42. The van der Waals surface area contributed by atoms with E-state index in [-0.39, 0.29) is 18.1 Å². The fraction of sp³-hybridized carbons (Fsp3) is 0.533. The van der Waals surface area contributed by atoms with Gasteiger partial charge in [0, 0.05) is 27.2 Å². The highest BCUT2D eigenvalue weighted by molar-refractivity contribution is 9.10. The number of hydrogen-bond donors (Lipinski definition) is 1. The lowest BCUT2D eigenvalue weighted by atomic mass is 9.69. The summed E-state index contributed by atoms with van der Waals surface area (Å²) < 4.78 is 3.30. The summed E-state index contributed by atoms with van der Waals surface area (Å²) in [6.45, 7) is 0.236. The SMILES string of the molecule is OCC1(C(c2sccc2Br)n2ccnc2)CCCCC1. The van der Waals surface area contributed by atoms with Gasteiger partial charge in [-0.2, -0.15) is 0 Å². The van der Waals surface area contributed by atoms with Gasteiger partial charge in [0.2, 0.25) is 0 Å². The molecule has 2 heterocycles. The first kappa shape index (κ1) is 14.3. The number of aliphatic hydroxyl groups is 1. The Labute approximate surface area is 131 Å². The molecule has 20 heavy (non-hydrogen) atoms. The molecular weight excluding hydrogens is 336 g/mol. The molecule has 0 saturated heterocycles. The second kappa shape index (κ2) is 6.00. The minimum absolute atomic E-state index is 0.0632. The van der Waals surface area contributed by atoms with E-state index < -0.39 is 0 Å². The lowest BCUT2D eigenvalue weighted by molar-refractivity contribution is 0.0446. The van der Waals surface area contributed by atoms with Gasteiger partial charge in [-0.1, -0.05) is 19.3 Å². The van der Waals surface area contributed by atoms with Crippen LogP contribution in [0.5, 0.6) is 0 Å². The molecule has 0 aromatic carbocycles. The summed E-state index contributed by atoms with van der Waals surface area (Å²) in [7, 11) is 0. The summed E-state index contributed by atoms with van der Waals surface area (Å²) in [5.41, 5.74) is -0.0632. The van der Waals surface area contributed by atoms with Crippen molar-refractivity contribution in [2.24, 2.45) is 5.41 Å². The third-order valence-electron chi connectivity index (χ3n) is 4.46. The second-order valence-corrected chi connectivity index (χ2v) is 7.43. The van der Waals surface area contributed by atoms with E-state index in [4.69, 9.17) is 0 Å². The largest absolute Gasteiger partial charge is 0.396 e. The van der Waals surface area contributed by atoms with Crippen molar-refractivity contribution in [3.8, 4) is 0 Å². The van der Waals surface area contributed by atoms with E-state index >= 15 is 0 Å². The highest BCUT2D eigenvalue weighted by Gasteiger charge is 2.42. The molecule has 1 saturated carbocycles. The van der Waals surface area contributed by atoms with E-state index in [1.165, 1.54) is 24.1 Å². The van der Waals surface area contributed by atoms with Gasteiger partial charge in [0.15, 0.2) is 0 Å². The summed E-state index contributed by atoms with van der Waals surface area (Å²) in [6.07, 6.45) is 11.6. The van der Waals surface area contributed by atoms with E-state index in [2.05, 4.69) is 36.9 Å². The second-order valence-electron chi connectivity index (χ2n) is 5.63. The minimum atomic E-state index is -0.0632. The Morgan fingerprint density at radius 3 is 2.75 bits per heavy atom. The first-order chi connectivity index (χ1) is 9.77. The Bertz CT molecular complexity index is 546. The lowest BCUT2D eigenvalue weighted by Crippen LogP contribution is -2.38. The minimum Gasteiger partial charge on any atom is -0.396 e. The van der Waals surface area contributed by atoms with Gasteiger partial charge in [-0.25, -0.2) is 4.98 Å². The average molecular weight is 355 g/mol. The summed E-state index contributed by atoms with van der Waals surface area (Å²) in [5, 5.41) is 12.3. The van der Waals surface area contributed by atoms with E-state index in [1.807, 2.05) is 18.7 Å². The van der Waals surface area contributed by atoms with Gasteiger partial charge in [0.1, 0.15) is 0 Å². The highest BCUT2D eigenvalue weighted by atomic mass is 79.9. The van der Waals surface area contributed by atoms with E-state index in [0.717, 1.165) is 17.3 Å². The molecule has 0 spiro atoms. The van der Waals surface area contributed by atoms with Crippen LogP contribution in [0.4, 0.5) is 0 Å². The molecule has 1 N–H and O–H groups in total. The van der Waals surface area contributed by atoms with Crippen molar-refractivity contribution in [3.63, 3.8) is 0 Å². The molecule has 1 fully saturated rings. The summed E-state index contributed by atoms with van der Waals surface area (Å²) in [6, 6.07) is 2.27. The van der Waals surface area contributed by atoms with Crippen molar-refractivity contribution < 1.29 is 5.11 Å². The first-order valence-electron chi connectivity index (χ1n) is 7.08. The maximum Gasteiger partial charge on any atom is 0.0952 e. The van der Waals surface area contributed by atoms with Crippen LogP contribution < -0.4 is 0 Å². The Morgan fingerprint density at radius 1 is 1.40 bits per heavy atom. The Hall–Kier alpha value is -0.650. The van der Waals surface area contributed by atoms with Crippen LogP contribution in [0, 0.1) is 5.41 Å². The molecule has 1 aliphatic carbocycles. The molecule has 0 radical (unpaired) electrons. The van der Waals surface area contributed by atoms with Crippen molar-refractivity contribution >= 4 is 27.3 Å². The van der Waals surface area contributed by atoms with Gasteiger partial charge in [-0.3, -0.25) is 0 Å². The Morgan fingerprint density at radius 2 is 2.20 bits per heavy atom. The third-order valence-corrected chi connectivity index (χ3v) is 6.38. The van der Waals surface area contributed by atoms with Gasteiger partial charge in [0.05, 0.1) is 19.0 Å². The molecule has 0 amide bonds. The van der Waals surface area contributed by atoms with Crippen molar-refractivity contribution in [1.82, 2.24) is 9.55 Å². The third kappa shape index (κ3) is 2.47. The van der Waals surface area contributed by atoms with Crippen LogP contribution in [0.15, 0.2) is 34.6 Å². The summed E-state index contributed by atoms with van der Waals surface area (Å²) in [4.78, 5) is 5.50. The zero-order valence-corrected chi connectivity index (χ0v) is 13.7. The van der Waals surface area contributed by atoms with Gasteiger partial charge in [0.25, 0.3) is 0 Å². The monoisotopic (exact) mass is 354 g/mol. The number of thiophene rings is 1. The van der Waals surface area contributed by atoms with Crippen LogP contribution in [0.3, 0.4) is 0 Å². The molecule has 1 unspecified atom stereocenters. The van der Waals surface area contributed by atoms with Gasteiger partial charge in [-0.15, -0.1) is 11.3 Å². The highest BCUT2D eigenvalue weighted by Crippen LogP contribution is 2.50. The number of halogens is 1. The molecule has 0 aliphatic heterocycles. The van der Waals surface area contributed by atoms with E-state index in [1.54, 1.807) is 11.3 Å². The molecule has 5 heteroatoms. The lowest BCUT2D eigenvalue weighted by Gasteiger charge is -2.42. The van der Waals surface area contributed by atoms with E-state index in [0.29, 0.717) is 0 Å². The van der Waals surface area contributed by atoms with Crippen LogP contribution in [0.2, 0.25) is 0 Å². The molecule has 1 atom stereocenters. The number of nitrogens with zero attached hydrogens (tertiary/aromatic N) is 2. The topological polar surface area (TPSA) is 38.0 Å². The molecule has 3 rings (SSSR count). The Balaban J connectivity index is 2.07. The van der Waals surface area contributed by atoms with Gasteiger partial charge in [-0.05, 0) is 40.2 Å². The normalized spacial score (nSPS) is 19.9. The standard InChI is InChI=1S/C15H19BrN2OS/c16-12-4-9-20-13(12)14(18-8-7-17-11-18)15(10-19)5-2-1-3-6-15/h4,7-9,11,14,19H,1-3,5-6,10H2. The molecule has 3 nitrogen and oxygen atoms in total. The predicted octanol–water partition coefficient (Wildman–Crippen LogP) is 4.24. The zero-order valence-electron chi connectivity index (χ0n) is 11.3. The van der Waals surface area contributed by atoms with Crippen LogP contribution in [0.1, 0.15) is 43.0 Å². The molecule has 2 aromatic heterocycles. The number of rotatable bonds is 4. The van der Waals surface area contributed by atoms with Crippen molar-refractivity contribution in [3.05, 3.63) is 39.5 Å². The van der Waals surface area contributed by atoms with Crippen LogP contribution in [-0.2, 0) is 0 Å². The van der Waals surface area contributed by atoms with Crippen molar-refractivity contribution in [2.75, 3.05) is 6.61 Å². The zero-order chi connectivity index (χ0) is 14.0. The van der Waals surface area contributed by atoms with Crippen LogP contribution in [0.25, 0.3) is 0 Å². The number of hydrogen-bond acceptors (Lipinski definition) is 3. The summed E-state index contributed by atoms with van der Waals surface area (Å²) in [5.74, 6) is 0. The molecule has 1 aliphatic rings. The van der Waals surface area contributed by atoms with Crippen molar-refractivity contribution in [2.45, 2.75) is 38.1 Å². The first-order valence-corrected chi connectivity index (χ1v) is 8.75. The Kier molecular flexibility index (Phi) is 4.29. The maximum atomic E-state index is 10.2. The van der Waals surface area contributed by atoms with Crippen LogP contribution >= 0.6 is 27.3 Å². The quantitative estimate of drug-likeness (QED) is 0.891. The average Bonchev–Trinajstić information content (AvgIpc) is 3.13. The fourth-order valence-corrected chi connectivity index (χ4v) is 5.26. The predicted molar refractivity (Wildman–Crippen MR) is 85.0 cm³/mol. The van der Waals surface area contributed by atoms with Gasteiger partial charge < -0.3 is 9.67 Å². The smallest absolute Gasteiger partial charge is 0.0952 e. The maximum absolute atomic E-state index is 10.2. The van der Waals surface area contributed by atoms with Crippen LogP contribution in [-0.4, -0.2) is 21.3 Å². The molecular formula is C15H19BrN2OS. The van der Waals surface area contributed by atoms with E-state index in [9.17, 15) is 5.11 Å². The number of aliphatic hydroxyl groups excluding tert-OH is 1. The molecule has 2 aromatic rings. The fourth-order valence-electron chi connectivity index (χ4n) is 3.43. The molecule has 0 bridgehead atoms. The van der Waals surface area contributed by atoms with Crippen molar-refractivity contribution in [1.29, 1.82) is 0 Å². The van der Waals surface area contributed by atoms with Gasteiger partial charge >= 0.3 is 0 Å². The molecule has 108 valence electrons. The number of imidazole rings is 1. The number of aromatic nitrogens is 2.